The van der Waals surface area contributed by atoms with Crippen LogP contribution in [0.5, 0.6) is 0 Å². The molecule has 7 heteroatoms. The average Bonchev–Trinajstić information content (AvgIpc) is 2.77. The van der Waals surface area contributed by atoms with Gasteiger partial charge in [-0.15, -0.1) is 0 Å². The van der Waals surface area contributed by atoms with Crippen LogP contribution in [0.4, 0.5) is 5.69 Å². The molecule has 0 atom stereocenters. The van der Waals surface area contributed by atoms with Gasteiger partial charge in [-0.2, -0.15) is 0 Å². The van der Waals surface area contributed by atoms with E-state index < -0.39 is 0 Å². The number of likely N-dealkylation sites (tertiary alicyclic amines) is 1. The number of hydrogen-bond acceptors (Lipinski definition) is 3. The summed E-state index contributed by atoms with van der Waals surface area (Å²) in [6, 6.07) is 14.9. The van der Waals surface area contributed by atoms with Crippen molar-refractivity contribution < 1.29 is 14.4 Å². The third-order valence-electron chi connectivity index (χ3n) is 5.64. The Morgan fingerprint density at radius 2 is 1.77 bits per heavy atom. The van der Waals surface area contributed by atoms with E-state index in [-0.39, 0.29) is 23.6 Å². The molecule has 0 saturated carbocycles. The molecule has 164 valence electrons. The number of piperidine rings is 1. The average molecular weight is 486 g/mol. The van der Waals surface area contributed by atoms with E-state index in [1.165, 1.54) is 0 Å². The van der Waals surface area contributed by atoms with Gasteiger partial charge >= 0.3 is 0 Å². The lowest BCUT2D eigenvalue weighted by atomic mass is 9.95. The number of carbonyl (C=O) groups is 3. The van der Waals surface area contributed by atoms with Crippen LogP contribution in [0.1, 0.15) is 42.6 Å². The van der Waals surface area contributed by atoms with E-state index in [4.69, 9.17) is 0 Å². The molecular formula is C24H28BrN3O3. The molecule has 0 bridgehead atoms. The highest BCUT2D eigenvalue weighted by atomic mass is 79.9. The van der Waals surface area contributed by atoms with Crippen LogP contribution >= 0.6 is 15.9 Å². The molecule has 1 aliphatic rings. The number of nitrogens with one attached hydrogen (secondary N) is 1. The summed E-state index contributed by atoms with van der Waals surface area (Å²) in [5.74, 6) is -0.111. The third kappa shape index (κ3) is 6.17. The van der Waals surface area contributed by atoms with Crippen LogP contribution in [0.25, 0.3) is 0 Å². The van der Waals surface area contributed by atoms with Crippen LogP contribution in [0.2, 0.25) is 0 Å². The van der Waals surface area contributed by atoms with Crippen molar-refractivity contribution in [3.05, 3.63) is 64.1 Å². The summed E-state index contributed by atoms with van der Waals surface area (Å²) >= 11 is 3.38. The highest BCUT2D eigenvalue weighted by Crippen LogP contribution is 2.22. The molecule has 31 heavy (non-hydrogen) atoms. The Balaban J connectivity index is 1.54. The van der Waals surface area contributed by atoms with Crippen LogP contribution < -0.4 is 5.32 Å². The van der Waals surface area contributed by atoms with Crippen molar-refractivity contribution in [1.82, 2.24) is 9.80 Å². The fourth-order valence-electron chi connectivity index (χ4n) is 3.78. The molecule has 0 unspecified atom stereocenters. The van der Waals surface area contributed by atoms with Gasteiger partial charge in [-0.3, -0.25) is 14.4 Å². The molecule has 1 fully saturated rings. The predicted octanol–water partition coefficient (Wildman–Crippen LogP) is 4.31. The fraction of sp³-hybridized carbons (Fsp3) is 0.375. The maximum Gasteiger partial charge on any atom is 0.253 e. The summed E-state index contributed by atoms with van der Waals surface area (Å²) < 4.78 is 0.937. The normalized spacial score (nSPS) is 14.2. The first kappa shape index (κ1) is 23.0. The Morgan fingerprint density at radius 1 is 1.10 bits per heavy atom. The van der Waals surface area contributed by atoms with Gasteiger partial charge in [0, 0.05) is 54.7 Å². The molecular weight excluding hydrogens is 458 g/mol. The number of carbonyl (C=O) groups excluding carboxylic acids is 3. The Morgan fingerprint density at radius 3 is 2.39 bits per heavy atom. The van der Waals surface area contributed by atoms with Crippen molar-refractivity contribution in [2.75, 3.05) is 25.0 Å². The van der Waals surface area contributed by atoms with E-state index in [0.29, 0.717) is 44.6 Å². The molecule has 0 aromatic heterocycles. The zero-order chi connectivity index (χ0) is 22.4. The quantitative estimate of drug-likeness (QED) is 0.662. The van der Waals surface area contributed by atoms with Crippen LogP contribution in [0, 0.1) is 5.92 Å². The molecule has 3 amide bonds. The van der Waals surface area contributed by atoms with Gasteiger partial charge < -0.3 is 15.1 Å². The van der Waals surface area contributed by atoms with Crippen molar-refractivity contribution in [1.29, 1.82) is 0 Å². The molecule has 0 spiro atoms. The Hall–Kier alpha value is -2.67. The number of halogens is 1. The van der Waals surface area contributed by atoms with E-state index in [1.807, 2.05) is 60.4 Å². The first-order valence-corrected chi connectivity index (χ1v) is 11.4. The van der Waals surface area contributed by atoms with Crippen molar-refractivity contribution >= 4 is 39.3 Å². The largest absolute Gasteiger partial charge is 0.339 e. The molecule has 2 aromatic rings. The minimum Gasteiger partial charge on any atom is -0.339 e. The molecule has 1 heterocycles. The summed E-state index contributed by atoms with van der Waals surface area (Å²) in [4.78, 5) is 40.6. The van der Waals surface area contributed by atoms with Crippen LogP contribution in [-0.4, -0.2) is 47.2 Å². The van der Waals surface area contributed by atoms with Gasteiger partial charge in [-0.1, -0.05) is 28.1 Å². The molecule has 2 aromatic carbocycles. The van der Waals surface area contributed by atoms with Gasteiger partial charge in [0.25, 0.3) is 5.91 Å². The van der Waals surface area contributed by atoms with Crippen LogP contribution in [-0.2, 0) is 16.1 Å². The number of nitrogens with zero attached hydrogens (tertiary/aromatic N) is 2. The highest BCUT2D eigenvalue weighted by Gasteiger charge is 2.28. The molecule has 1 aliphatic heterocycles. The van der Waals surface area contributed by atoms with Gasteiger partial charge in [0.2, 0.25) is 11.8 Å². The van der Waals surface area contributed by atoms with E-state index in [9.17, 15) is 14.4 Å². The smallest absolute Gasteiger partial charge is 0.253 e. The van der Waals surface area contributed by atoms with Gasteiger partial charge in [0.15, 0.2) is 0 Å². The first-order chi connectivity index (χ1) is 14.9. The van der Waals surface area contributed by atoms with E-state index in [2.05, 4.69) is 21.2 Å². The minimum absolute atomic E-state index is 0.00464. The zero-order valence-corrected chi connectivity index (χ0v) is 19.5. The summed E-state index contributed by atoms with van der Waals surface area (Å²) in [5, 5.41) is 3.00. The van der Waals surface area contributed by atoms with E-state index in [0.717, 1.165) is 15.7 Å². The standard InChI is InChI=1S/C24H28BrN3O3/c1-3-27(17(2)29)16-18-5-4-6-22(15-18)26-23(30)19-11-13-28(14-12-19)24(31)20-7-9-21(25)10-8-20/h4-10,15,19H,3,11-14,16H2,1-2H3,(H,26,30). The Labute approximate surface area is 191 Å². The molecule has 1 N–H and O–H groups in total. The summed E-state index contributed by atoms with van der Waals surface area (Å²) in [7, 11) is 0. The number of hydrogen-bond donors (Lipinski definition) is 1. The topological polar surface area (TPSA) is 69.7 Å². The maximum atomic E-state index is 12.8. The van der Waals surface area contributed by atoms with Gasteiger partial charge in [0.05, 0.1) is 0 Å². The lowest BCUT2D eigenvalue weighted by Crippen LogP contribution is -2.41. The molecule has 0 aliphatic carbocycles. The predicted molar refractivity (Wildman–Crippen MR) is 125 cm³/mol. The SMILES string of the molecule is CCN(Cc1cccc(NC(=O)C2CCN(C(=O)c3ccc(Br)cc3)CC2)c1)C(C)=O. The van der Waals surface area contributed by atoms with E-state index in [1.54, 1.807) is 11.8 Å². The van der Waals surface area contributed by atoms with E-state index >= 15 is 0 Å². The summed E-state index contributed by atoms with van der Waals surface area (Å²) in [6.45, 7) is 5.80. The Bertz CT molecular complexity index is 937. The van der Waals surface area contributed by atoms with Gasteiger partial charge in [0.1, 0.15) is 0 Å². The van der Waals surface area contributed by atoms with Crippen molar-refractivity contribution in [2.24, 2.45) is 5.92 Å². The first-order valence-electron chi connectivity index (χ1n) is 10.6. The van der Waals surface area contributed by atoms with Gasteiger partial charge in [-0.05, 0) is 61.7 Å². The number of amides is 3. The molecule has 3 rings (SSSR count). The second kappa shape index (κ2) is 10.6. The number of benzene rings is 2. The molecule has 6 nitrogen and oxygen atoms in total. The van der Waals surface area contributed by atoms with Gasteiger partial charge in [-0.25, -0.2) is 0 Å². The fourth-order valence-corrected chi connectivity index (χ4v) is 4.04. The Kier molecular flexibility index (Phi) is 7.85. The lowest BCUT2D eigenvalue weighted by molar-refractivity contribution is -0.129. The summed E-state index contributed by atoms with van der Waals surface area (Å²) in [6.07, 6.45) is 1.28. The highest BCUT2D eigenvalue weighted by molar-refractivity contribution is 9.10. The van der Waals surface area contributed by atoms with Crippen LogP contribution in [0.15, 0.2) is 53.0 Å². The minimum atomic E-state index is -0.123. The zero-order valence-electron chi connectivity index (χ0n) is 17.9. The molecule has 1 saturated heterocycles. The number of anilines is 1. The number of rotatable bonds is 6. The summed E-state index contributed by atoms with van der Waals surface area (Å²) in [5.41, 5.74) is 2.37. The van der Waals surface area contributed by atoms with Crippen molar-refractivity contribution in [2.45, 2.75) is 33.2 Å². The lowest BCUT2D eigenvalue weighted by Gasteiger charge is -2.31. The third-order valence-corrected chi connectivity index (χ3v) is 6.17. The molecule has 0 radical (unpaired) electrons. The second-order valence-corrected chi connectivity index (χ2v) is 8.71. The van der Waals surface area contributed by atoms with Crippen LogP contribution in [0.3, 0.4) is 0 Å². The monoisotopic (exact) mass is 485 g/mol. The van der Waals surface area contributed by atoms with Crippen molar-refractivity contribution in [3.8, 4) is 0 Å². The second-order valence-electron chi connectivity index (χ2n) is 7.80. The van der Waals surface area contributed by atoms with Crippen molar-refractivity contribution in [3.63, 3.8) is 0 Å². The maximum absolute atomic E-state index is 12.8.